The zero-order chi connectivity index (χ0) is 24.4. The first kappa shape index (κ1) is 24.6. The first-order chi connectivity index (χ1) is 16.3. The van der Waals surface area contributed by atoms with E-state index in [1.54, 1.807) is 29.2 Å². The summed E-state index contributed by atoms with van der Waals surface area (Å²) in [4.78, 5) is 41.8. The Morgan fingerprint density at radius 3 is 2.59 bits per heavy atom. The van der Waals surface area contributed by atoms with E-state index in [0.717, 1.165) is 32.7 Å². The monoisotopic (exact) mass is 559 g/mol. The highest BCUT2D eigenvalue weighted by Crippen LogP contribution is 2.36. The molecular formula is C25H23BrClN3O3S. The van der Waals surface area contributed by atoms with Gasteiger partial charge in [-0.3, -0.25) is 19.3 Å². The number of hydrogen-bond donors (Lipinski definition) is 0. The molecule has 0 radical (unpaired) electrons. The number of rotatable bonds is 7. The molecule has 4 rings (SSSR count). The van der Waals surface area contributed by atoms with Crippen LogP contribution in [-0.4, -0.2) is 44.5 Å². The third-order valence-corrected chi connectivity index (χ3v) is 7.51. The molecule has 3 aromatic rings. The first-order valence-corrected chi connectivity index (χ1v) is 12.9. The van der Waals surface area contributed by atoms with Crippen LogP contribution in [0.2, 0.25) is 5.02 Å². The minimum absolute atomic E-state index is 0.0245. The van der Waals surface area contributed by atoms with E-state index in [0.29, 0.717) is 28.6 Å². The smallest absolute Gasteiger partial charge is 0.293 e. The summed E-state index contributed by atoms with van der Waals surface area (Å²) in [5.41, 5.74) is 2.36. The van der Waals surface area contributed by atoms with Gasteiger partial charge in [-0.25, -0.2) is 0 Å². The Morgan fingerprint density at radius 2 is 1.88 bits per heavy atom. The molecule has 1 aliphatic rings. The lowest BCUT2D eigenvalue weighted by Gasteiger charge is -2.19. The molecular weight excluding hydrogens is 538 g/mol. The summed E-state index contributed by atoms with van der Waals surface area (Å²) in [5.74, 6) is -0.332. The average Bonchev–Trinajstić information content (AvgIpc) is 3.27. The van der Waals surface area contributed by atoms with E-state index in [4.69, 9.17) is 11.6 Å². The number of benzene rings is 2. The summed E-state index contributed by atoms with van der Waals surface area (Å²) in [6.45, 7) is 5.51. The van der Waals surface area contributed by atoms with Crippen molar-refractivity contribution in [3.8, 4) is 0 Å². The largest absolute Gasteiger partial charge is 0.342 e. The fourth-order valence-electron chi connectivity index (χ4n) is 3.94. The highest BCUT2D eigenvalue weighted by Gasteiger charge is 2.35. The van der Waals surface area contributed by atoms with E-state index in [-0.39, 0.29) is 30.1 Å². The number of likely N-dealkylation sites (N-methyl/N-ethyl adjacent to an activating group) is 1. The molecule has 0 aliphatic carbocycles. The zero-order valence-corrected chi connectivity index (χ0v) is 21.9. The molecule has 3 amide bonds. The summed E-state index contributed by atoms with van der Waals surface area (Å²) in [7, 11) is 0. The van der Waals surface area contributed by atoms with Crippen molar-refractivity contribution in [1.82, 2.24) is 14.4 Å². The fraction of sp³-hybridized carbons (Fsp3) is 0.240. The van der Waals surface area contributed by atoms with Gasteiger partial charge in [-0.1, -0.05) is 45.7 Å². The predicted octanol–water partition coefficient (Wildman–Crippen LogP) is 6.16. The number of thioether (sulfide) groups is 1. The van der Waals surface area contributed by atoms with Crippen molar-refractivity contribution >= 4 is 73.3 Å². The fourth-order valence-corrected chi connectivity index (χ4v) is 5.33. The Morgan fingerprint density at radius 1 is 1.15 bits per heavy atom. The molecule has 0 spiro atoms. The number of fused-ring (bicyclic) bond motifs is 1. The number of amides is 3. The second-order valence-corrected chi connectivity index (χ2v) is 10.1. The van der Waals surface area contributed by atoms with Gasteiger partial charge in [0.15, 0.2) is 0 Å². The lowest BCUT2D eigenvalue weighted by Crippen LogP contribution is -2.33. The van der Waals surface area contributed by atoms with E-state index >= 15 is 0 Å². The second-order valence-electron chi connectivity index (χ2n) is 7.80. The summed E-state index contributed by atoms with van der Waals surface area (Å²) in [6, 6.07) is 13.0. The molecule has 1 aliphatic heterocycles. The maximum Gasteiger partial charge on any atom is 0.293 e. The van der Waals surface area contributed by atoms with E-state index < -0.39 is 0 Å². The summed E-state index contributed by atoms with van der Waals surface area (Å²) < 4.78 is 2.77. The summed E-state index contributed by atoms with van der Waals surface area (Å²) >= 11 is 10.6. The molecule has 0 bridgehead atoms. The van der Waals surface area contributed by atoms with Crippen LogP contribution in [0.15, 0.2) is 58.0 Å². The van der Waals surface area contributed by atoms with Crippen molar-refractivity contribution in [3.63, 3.8) is 0 Å². The Kier molecular flexibility index (Phi) is 7.50. The van der Waals surface area contributed by atoms with Crippen molar-refractivity contribution in [2.45, 2.75) is 26.9 Å². The minimum atomic E-state index is -0.356. The number of carbonyl (C=O) groups excluding carboxylic acids is 3. The number of carbonyl (C=O) groups is 3. The Bertz CT molecular complexity index is 1320. The van der Waals surface area contributed by atoms with Crippen LogP contribution >= 0.6 is 39.3 Å². The van der Waals surface area contributed by atoms with Gasteiger partial charge in [0.25, 0.3) is 11.1 Å². The third kappa shape index (κ3) is 4.94. The Labute approximate surface area is 215 Å². The average molecular weight is 561 g/mol. The predicted molar refractivity (Wildman–Crippen MR) is 141 cm³/mol. The van der Waals surface area contributed by atoms with Crippen molar-refractivity contribution in [3.05, 3.63) is 74.2 Å². The van der Waals surface area contributed by atoms with Crippen LogP contribution in [0.5, 0.6) is 0 Å². The second kappa shape index (κ2) is 10.4. The highest BCUT2D eigenvalue weighted by atomic mass is 79.9. The molecule has 1 aromatic heterocycles. The Hall–Kier alpha value is -2.55. The molecule has 176 valence electrons. The first-order valence-electron chi connectivity index (χ1n) is 10.9. The van der Waals surface area contributed by atoms with Crippen LogP contribution in [0.3, 0.4) is 0 Å². The van der Waals surface area contributed by atoms with E-state index in [1.165, 1.54) is 4.90 Å². The van der Waals surface area contributed by atoms with Gasteiger partial charge in [-0.05, 0) is 61.5 Å². The van der Waals surface area contributed by atoms with E-state index in [9.17, 15) is 14.4 Å². The number of hydrogen-bond acceptors (Lipinski definition) is 4. The van der Waals surface area contributed by atoms with Gasteiger partial charge in [0, 0.05) is 45.2 Å². The van der Waals surface area contributed by atoms with Gasteiger partial charge in [-0.15, -0.1) is 0 Å². The maximum atomic E-state index is 13.1. The van der Waals surface area contributed by atoms with Gasteiger partial charge in [0.05, 0.1) is 11.4 Å². The summed E-state index contributed by atoms with van der Waals surface area (Å²) in [5, 5.41) is 1.06. The van der Waals surface area contributed by atoms with Crippen LogP contribution in [-0.2, 0) is 22.7 Å². The number of imide groups is 1. The number of halogens is 2. The molecule has 0 N–H and O–H groups in total. The van der Waals surface area contributed by atoms with Crippen LogP contribution in [0.25, 0.3) is 17.0 Å². The lowest BCUT2D eigenvalue weighted by atomic mass is 10.1. The third-order valence-electron chi connectivity index (χ3n) is 5.74. The Balaban J connectivity index is 1.67. The molecule has 34 heavy (non-hydrogen) atoms. The van der Waals surface area contributed by atoms with Crippen molar-refractivity contribution < 1.29 is 14.4 Å². The lowest BCUT2D eigenvalue weighted by molar-refractivity contribution is -0.131. The van der Waals surface area contributed by atoms with Crippen LogP contribution < -0.4 is 0 Å². The van der Waals surface area contributed by atoms with Crippen molar-refractivity contribution in [1.29, 1.82) is 0 Å². The molecule has 0 atom stereocenters. The quantitative estimate of drug-likeness (QED) is 0.325. The topological polar surface area (TPSA) is 62.6 Å². The SMILES string of the molecule is CCN(CC)C(=O)Cn1cc(/C=C2\SC(=O)N(Cc3ccccc3Cl)C2=O)c2cc(Br)ccc21. The minimum Gasteiger partial charge on any atom is -0.342 e. The van der Waals surface area contributed by atoms with Gasteiger partial charge < -0.3 is 9.47 Å². The molecule has 0 saturated carbocycles. The van der Waals surface area contributed by atoms with Crippen LogP contribution in [0.1, 0.15) is 25.0 Å². The molecule has 1 fully saturated rings. The highest BCUT2D eigenvalue weighted by molar-refractivity contribution is 9.10. The normalized spacial score (nSPS) is 15.1. The summed E-state index contributed by atoms with van der Waals surface area (Å²) in [6.07, 6.45) is 3.59. The van der Waals surface area contributed by atoms with E-state index in [2.05, 4.69) is 15.9 Å². The standard InChI is InChI=1S/C25H23BrClN3O3S/c1-3-28(4-2)23(31)15-29-13-17(19-12-18(26)9-10-21(19)29)11-22-24(32)30(25(33)34-22)14-16-7-5-6-8-20(16)27/h5-13H,3-4,14-15H2,1-2H3/b22-11-. The molecule has 0 unspecified atom stereocenters. The maximum absolute atomic E-state index is 13.1. The zero-order valence-electron chi connectivity index (χ0n) is 18.8. The molecule has 9 heteroatoms. The van der Waals surface area contributed by atoms with Gasteiger partial charge in [-0.2, -0.15) is 0 Å². The molecule has 2 aromatic carbocycles. The molecule has 2 heterocycles. The van der Waals surface area contributed by atoms with Gasteiger partial charge in [0.1, 0.15) is 6.54 Å². The van der Waals surface area contributed by atoms with Crippen molar-refractivity contribution in [2.24, 2.45) is 0 Å². The van der Waals surface area contributed by atoms with Gasteiger partial charge in [0.2, 0.25) is 5.91 Å². The van der Waals surface area contributed by atoms with Crippen LogP contribution in [0, 0.1) is 0 Å². The number of nitrogens with zero attached hydrogens (tertiary/aromatic N) is 3. The molecule has 1 saturated heterocycles. The van der Waals surface area contributed by atoms with Crippen molar-refractivity contribution in [2.75, 3.05) is 13.1 Å². The van der Waals surface area contributed by atoms with Crippen LogP contribution in [0.4, 0.5) is 4.79 Å². The molecule has 6 nitrogen and oxygen atoms in total. The van der Waals surface area contributed by atoms with Gasteiger partial charge >= 0.3 is 0 Å². The number of aromatic nitrogens is 1. The van der Waals surface area contributed by atoms with E-state index in [1.807, 2.05) is 48.9 Å².